The maximum absolute atomic E-state index is 12.6. The summed E-state index contributed by atoms with van der Waals surface area (Å²) in [5.74, 6) is 0.274. The van der Waals surface area contributed by atoms with Crippen LogP contribution in [0.25, 0.3) is 0 Å². The van der Waals surface area contributed by atoms with Crippen LogP contribution in [0.2, 0.25) is 0 Å². The van der Waals surface area contributed by atoms with Gasteiger partial charge < -0.3 is 20.1 Å². The van der Waals surface area contributed by atoms with Gasteiger partial charge >= 0.3 is 5.69 Å². The molecule has 2 aromatic rings. The van der Waals surface area contributed by atoms with Crippen LogP contribution in [-0.2, 0) is 11.3 Å². The maximum atomic E-state index is 12.6. The van der Waals surface area contributed by atoms with Crippen molar-refractivity contribution in [1.29, 1.82) is 0 Å². The fourth-order valence-electron chi connectivity index (χ4n) is 2.53. The lowest BCUT2D eigenvalue weighted by molar-refractivity contribution is -0.0555. The molecule has 0 unspecified atom stereocenters. The number of aromatic nitrogens is 4. The molecular formula is C14H16N4O6. The molecule has 10 nitrogen and oxygen atoms in total. The predicted octanol–water partition coefficient (Wildman–Crippen LogP) is -2.54. The molecule has 1 aliphatic rings. The van der Waals surface area contributed by atoms with Crippen molar-refractivity contribution in [2.75, 3.05) is 6.61 Å². The van der Waals surface area contributed by atoms with E-state index in [1.54, 1.807) is 6.07 Å². The Labute approximate surface area is 135 Å². The highest BCUT2D eigenvalue weighted by molar-refractivity contribution is 4.97. The van der Waals surface area contributed by atoms with E-state index in [-0.39, 0.29) is 12.4 Å². The van der Waals surface area contributed by atoms with Crippen LogP contribution in [0.1, 0.15) is 12.1 Å². The third-order valence-electron chi connectivity index (χ3n) is 3.81. The quantitative estimate of drug-likeness (QED) is 0.555. The molecule has 1 fully saturated rings. The molecule has 2 aromatic heterocycles. The Balaban J connectivity index is 1.98. The standard InChI is InChI=1S/C14H16N4O6/c19-7-8-11(21)12(22)13(24-8)17-5-2-10(20)18(14(17)23)6-9-15-3-1-4-16-9/h1-5,8,11-13,19,21-22H,6-7H2/t8-,11-,12-,13-/m1/s1. The third kappa shape index (κ3) is 2.87. The van der Waals surface area contributed by atoms with E-state index in [9.17, 15) is 19.8 Å². The zero-order valence-electron chi connectivity index (χ0n) is 12.5. The van der Waals surface area contributed by atoms with Crippen LogP contribution < -0.4 is 11.2 Å². The molecule has 3 N–H and O–H groups in total. The van der Waals surface area contributed by atoms with Crippen molar-refractivity contribution in [3.05, 3.63) is 57.4 Å². The Kier molecular flexibility index (Phi) is 4.53. The lowest BCUT2D eigenvalue weighted by atomic mass is 10.1. The van der Waals surface area contributed by atoms with Gasteiger partial charge in [-0.2, -0.15) is 0 Å². The molecule has 3 rings (SSSR count). The summed E-state index contributed by atoms with van der Waals surface area (Å²) in [4.78, 5) is 32.5. The number of hydrogen-bond donors (Lipinski definition) is 3. The van der Waals surface area contributed by atoms with Crippen molar-refractivity contribution >= 4 is 0 Å². The molecule has 10 heteroatoms. The zero-order chi connectivity index (χ0) is 17.3. The monoisotopic (exact) mass is 336 g/mol. The van der Waals surface area contributed by atoms with Crippen molar-refractivity contribution < 1.29 is 20.1 Å². The Hall–Kier alpha value is -2.40. The fraction of sp³-hybridized carbons (Fsp3) is 0.429. The van der Waals surface area contributed by atoms with Gasteiger partial charge in [-0.3, -0.25) is 13.9 Å². The second kappa shape index (κ2) is 6.61. The SMILES string of the molecule is O=c1ccn([C@@H]2O[C@H](CO)[C@@H](O)[C@H]2O)c(=O)n1Cc1ncccn1. The van der Waals surface area contributed by atoms with E-state index < -0.39 is 42.4 Å². The molecule has 0 saturated carbocycles. The maximum Gasteiger partial charge on any atom is 0.333 e. The Bertz CT molecular complexity index is 820. The van der Waals surface area contributed by atoms with Gasteiger partial charge in [0.05, 0.1) is 13.2 Å². The van der Waals surface area contributed by atoms with Crippen molar-refractivity contribution in [2.45, 2.75) is 31.1 Å². The Morgan fingerprint density at radius 1 is 1.17 bits per heavy atom. The lowest BCUT2D eigenvalue weighted by Crippen LogP contribution is -2.43. The average molecular weight is 336 g/mol. The summed E-state index contributed by atoms with van der Waals surface area (Å²) in [6.07, 6.45) is -0.846. The van der Waals surface area contributed by atoms with Gasteiger partial charge in [0.2, 0.25) is 0 Å². The summed E-state index contributed by atoms with van der Waals surface area (Å²) < 4.78 is 7.20. The van der Waals surface area contributed by atoms with Crippen LogP contribution in [0.4, 0.5) is 0 Å². The van der Waals surface area contributed by atoms with Gasteiger partial charge in [-0.15, -0.1) is 0 Å². The first kappa shape index (κ1) is 16.5. The number of rotatable bonds is 4. The lowest BCUT2D eigenvalue weighted by Gasteiger charge is -2.18. The van der Waals surface area contributed by atoms with Gasteiger partial charge in [0.25, 0.3) is 5.56 Å². The number of aliphatic hydroxyl groups excluding tert-OH is 3. The minimum atomic E-state index is -1.42. The normalized spacial score (nSPS) is 26.6. The Morgan fingerprint density at radius 2 is 1.88 bits per heavy atom. The average Bonchev–Trinajstić information content (AvgIpc) is 2.88. The molecule has 0 spiro atoms. The smallest absolute Gasteiger partial charge is 0.333 e. The van der Waals surface area contributed by atoms with Crippen LogP contribution in [-0.4, -0.2) is 59.3 Å². The number of nitrogens with zero attached hydrogens (tertiary/aromatic N) is 4. The molecule has 4 atom stereocenters. The summed E-state index contributed by atoms with van der Waals surface area (Å²) in [5, 5.41) is 29.0. The highest BCUT2D eigenvalue weighted by Gasteiger charge is 2.43. The minimum absolute atomic E-state index is 0.145. The van der Waals surface area contributed by atoms with E-state index in [1.807, 2.05) is 0 Å². The first-order valence-corrected chi connectivity index (χ1v) is 7.23. The van der Waals surface area contributed by atoms with Gasteiger partial charge in [-0.05, 0) is 6.07 Å². The highest BCUT2D eigenvalue weighted by Crippen LogP contribution is 2.27. The van der Waals surface area contributed by atoms with E-state index in [2.05, 4.69) is 9.97 Å². The second-order valence-corrected chi connectivity index (χ2v) is 5.32. The first-order chi connectivity index (χ1) is 11.5. The number of hydrogen-bond acceptors (Lipinski definition) is 8. The predicted molar refractivity (Wildman–Crippen MR) is 79.1 cm³/mol. The zero-order valence-corrected chi connectivity index (χ0v) is 12.5. The highest BCUT2D eigenvalue weighted by atomic mass is 16.6. The van der Waals surface area contributed by atoms with Gasteiger partial charge in [0.15, 0.2) is 6.23 Å². The van der Waals surface area contributed by atoms with Gasteiger partial charge in [0.1, 0.15) is 24.1 Å². The van der Waals surface area contributed by atoms with E-state index >= 15 is 0 Å². The van der Waals surface area contributed by atoms with Crippen LogP contribution in [0.15, 0.2) is 40.3 Å². The molecule has 3 heterocycles. The molecular weight excluding hydrogens is 320 g/mol. The van der Waals surface area contributed by atoms with Crippen LogP contribution in [0.3, 0.4) is 0 Å². The summed E-state index contributed by atoms with van der Waals surface area (Å²) in [6.45, 7) is -0.658. The molecule has 1 saturated heterocycles. The number of ether oxygens (including phenoxy) is 1. The third-order valence-corrected chi connectivity index (χ3v) is 3.81. The van der Waals surface area contributed by atoms with Gasteiger partial charge in [0, 0.05) is 24.7 Å². The molecule has 0 aromatic carbocycles. The van der Waals surface area contributed by atoms with Crippen molar-refractivity contribution in [2.24, 2.45) is 0 Å². The number of aliphatic hydroxyl groups is 3. The minimum Gasteiger partial charge on any atom is -0.394 e. The van der Waals surface area contributed by atoms with Crippen LogP contribution in [0.5, 0.6) is 0 Å². The molecule has 128 valence electrons. The van der Waals surface area contributed by atoms with E-state index in [0.717, 1.165) is 15.2 Å². The van der Waals surface area contributed by atoms with Crippen LogP contribution >= 0.6 is 0 Å². The molecule has 0 amide bonds. The van der Waals surface area contributed by atoms with Crippen molar-refractivity contribution in [3.63, 3.8) is 0 Å². The van der Waals surface area contributed by atoms with Crippen LogP contribution in [0, 0.1) is 0 Å². The van der Waals surface area contributed by atoms with Gasteiger partial charge in [-0.25, -0.2) is 14.8 Å². The van der Waals surface area contributed by atoms with Gasteiger partial charge in [-0.1, -0.05) is 0 Å². The second-order valence-electron chi connectivity index (χ2n) is 5.32. The topological polar surface area (TPSA) is 140 Å². The van der Waals surface area contributed by atoms with Crippen molar-refractivity contribution in [1.82, 2.24) is 19.1 Å². The summed E-state index contributed by atoms with van der Waals surface area (Å²) in [6, 6.07) is 2.74. The summed E-state index contributed by atoms with van der Waals surface area (Å²) in [7, 11) is 0. The van der Waals surface area contributed by atoms with E-state index in [1.165, 1.54) is 18.6 Å². The van der Waals surface area contributed by atoms with Crippen molar-refractivity contribution in [3.8, 4) is 0 Å². The largest absolute Gasteiger partial charge is 0.394 e. The van der Waals surface area contributed by atoms with E-state index in [0.29, 0.717) is 0 Å². The molecule has 24 heavy (non-hydrogen) atoms. The molecule has 1 aliphatic heterocycles. The summed E-state index contributed by atoms with van der Waals surface area (Å²) >= 11 is 0. The molecule has 0 aliphatic carbocycles. The first-order valence-electron chi connectivity index (χ1n) is 7.23. The fourth-order valence-corrected chi connectivity index (χ4v) is 2.53. The van der Waals surface area contributed by atoms with E-state index in [4.69, 9.17) is 9.84 Å². The Morgan fingerprint density at radius 3 is 2.50 bits per heavy atom. The molecule has 0 radical (unpaired) electrons. The summed E-state index contributed by atoms with van der Waals surface area (Å²) in [5.41, 5.74) is -1.31. The molecule has 0 bridgehead atoms.